The number of sulfonamides is 1. The second-order valence-corrected chi connectivity index (χ2v) is 8.67. The van der Waals surface area contributed by atoms with Crippen LogP contribution in [0.2, 0.25) is 0 Å². The van der Waals surface area contributed by atoms with Crippen LogP contribution in [0.15, 0.2) is 57.9 Å². The lowest BCUT2D eigenvalue weighted by atomic mass is 10.0. The van der Waals surface area contributed by atoms with Crippen LogP contribution < -0.4 is 4.74 Å². The first-order chi connectivity index (χ1) is 14.2. The summed E-state index contributed by atoms with van der Waals surface area (Å²) in [7, 11) is -2.18. The molecule has 1 saturated heterocycles. The van der Waals surface area contributed by atoms with Crippen molar-refractivity contribution in [2.75, 3.05) is 20.2 Å². The molecule has 1 fully saturated rings. The Morgan fingerprint density at radius 3 is 2.47 bits per heavy atom. The van der Waals surface area contributed by atoms with E-state index in [0.717, 1.165) is 12.1 Å². The van der Waals surface area contributed by atoms with Crippen LogP contribution in [0.25, 0.3) is 11.4 Å². The number of alkyl halides is 3. The van der Waals surface area contributed by atoms with Crippen LogP contribution in [0.4, 0.5) is 13.2 Å². The molecule has 4 rings (SSSR count). The van der Waals surface area contributed by atoms with Gasteiger partial charge in [-0.05, 0) is 36.4 Å². The standard InChI is InChI=1S/C19H16F3N3O4S/c1-28-15-5-7-16(8-6-15)30(26,27)25-10-13(11-25)18-23-17(24-29-18)12-3-2-4-14(9-12)19(20,21)22/h2-9,13H,10-11H2,1H3. The molecule has 3 aromatic rings. The topological polar surface area (TPSA) is 85.5 Å². The summed E-state index contributed by atoms with van der Waals surface area (Å²) in [4.78, 5) is 4.29. The molecule has 7 nitrogen and oxygen atoms in total. The Morgan fingerprint density at radius 2 is 1.83 bits per heavy atom. The van der Waals surface area contributed by atoms with Gasteiger partial charge in [0.25, 0.3) is 0 Å². The van der Waals surface area contributed by atoms with Gasteiger partial charge in [-0.25, -0.2) is 8.42 Å². The maximum Gasteiger partial charge on any atom is 0.416 e. The lowest BCUT2D eigenvalue weighted by molar-refractivity contribution is -0.137. The highest BCUT2D eigenvalue weighted by atomic mass is 32.2. The van der Waals surface area contributed by atoms with Gasteiger partial charge in [-0.2, -0.15) is 22.5 Å². The number of ether oxygens (including phenoxy) is 1. The lowest BCUT2D eigenvalue weighted by Crippen LogP contribution is -2.48. The third kappa shape index (κ3) is 3.77. The van der Waals surface area contributed by atoms with Crippen LogP contribution in [0.5, 0.6) is 5.75 Å². The average molecular weight is 439 g/mol. The molecule has 0 spiro atoms. The minimum absolute atomic E-state index is 0.0209. The van der Waals surface area contributed by atoms with E-state index < -0.39 is 21.8 Å². The van der Waals surface area contributed by atoms with E-state index in [4.69, 9.17) is 9.26 Å². The summed E-state index contributed by atoms with van der Waals surface area (Å²) in [6.07, 6.45) is -4.48. The molecular formula is C19H16F3N3O4S. The molecule has 1 aromatic heterocycles. The second-order valence-electron chi connectivity index (χ2n) is 6.73. The summed E-state index contributed by atoms with van der Waals surface area (Å²) in [5.41, 5.74) is -0.645. The number of aromatic nitrogens is 2. The average Bonchev–Trinajstić information content (AvgIpc) is 3.16. The second kappa shape index (κ2) is 7.40. The SMILES string of the molecule is COc1ccc(S(=O)(=O)N2CC(c3nc(-c4cccc(C(F)(F)F)c4)no3)C2)cc1. The highest BCUT2D eigenvalue weighted by molar-refractivity contribution is 7.89. The number of rotatable bonds is 5. The Balaban J connectivity index is 1.46. The van der Waals surface area contributed by atoms with Crippen LogP contribution in [-0.4, -0.2) is 43.1 Å². The zero-order chi connectivity index (χ0) is 21.5. The van der Waals surface area contributed by atoms with E-state index >= 15 is 0 Å². The van der Waals surface area contributed by atoms with Gasteiger partial charge in [0.2, 0.25) is 21.7 Å². The molecule has 0 saturated carbocycles. The minimum Gasteiger partial charge on any atom is -0.497 e. The molecule has 11 heteroatoms. The third-order valence-electron chi connectivity index (χ3n) is 4.78. The molecule has 1 aliphatic heterocycles. The Hall–Kier alpha value is -2.92. The van der Waals surface area contributed by atoms with Crippen LogP contribution in [0, 0.1) is 0 Å². The van der Waals surface area contributed by atoms with E-state index in [9.17, 15) is 21.6 Å². The van der Waals surface area contributed by atoms with Crippen LogP contribution in [-0.2, 0) is 16.2 Å². The maximum atomic E-state index is 12.9. The van der Waals surface area contributed by atoms with Crippen molar-refractivity contribution < 1.29 is 30.8 Å². The van der Waals surface area contributed by atoms with Gasteiger partial charge in [0.05, 0.1) is 23.5 Å². The van der Waals surface area contributed by atoms with E-state index in [0.29, 0.717) is 5.75 Å². The largest absolute Gasteiger partial charge is 0.497 e. The fraction of sp³-hybridized carbons (Fsp3) is 0.263. The predicted molar refractivity (Wildman–Crippen MR) is 99.2 cm³/mol. The summed E-state index contributed by atoms with van der Waals surface area (Å²) in [5, 5.41) is 3.74. The zero-order valence-electron chi connectivity index (χ0n) is 15.6. The summed E-state index contributed by atoms with van der Waals surface area (Å²) in [5.74, 6) is 0.421. The third-order valence-corrected chi connectivity index (χ3v) is 6.63. The number of halogens is 3. The van der Waals surface area contributed by atoms with Crippen molar-refractivity contribution in [2.45, 2.75) is 17.0 Å². The van der Waals surface area contributed by atoms with Gasteiger partial charge in [0.15, 0.2) is 0 Å². The first-order valence-electron chi connectivity index (χ1n) is 8.84. The molecule has 0 amide bonds. The molecule has 0 radical (unpaired) electrons. The van der Waals surface area contributed by atoms with E-state index in [1.165, 1.54) is 35.7 Å². The molecule has 0 unspecified atom stereocenters. The smallest absolute Gasteiger partial charge is 0.416 e. The molecule has 0 aliphatic carbocycles. The normalized spacial score (nSPS) is 15.7. The molecule has 158 valence electrons. The minimum atomic E-state index is -4.48. The Kier molecular flexibility index (Phi) is 5.02. The van der Waals surface area contributed by atoms with Gasteiger partial charge in [0, 0.05) is 18.7 Å². The molecule has 0 N–H and O–H groups in total. The van der Waals surface area contributed by atoms with Crippen molar-refractivity contribution in [3.63, 3.8) is 0 Å². The molecule has 1 aliphatic rings. The van der Waals surface area contributed by atoms with Gasteiger partial charge < -0.3 is 9.26 Å². The highest BCUT2D eigenvalue weighted by Gasteiger charge is 2.40. The van der Waals surface area contributed by atoms with Crippen LogP contribution in [0.3, 0.4) is 0 Å². The lowest BCUT2D eigenvalue weighted by Gasteiger charge is -2.35. The Morgan fingerprint density at radius 1 is 1.13 bits per heavy atom. The van der Waals surface area contributed by atoms with Gasteiger partial charge in [-0.1, -0.05) is 17.3 Å². The van der Waals surface area contributed by atoms with E-state index in [1.54, 1.807) is 12.1 Å². The van der Waals surface area contributed by atoms with Crippen molar-refractivity contribution in [2.24, 2.45) is 0 Å². The highest BCUT2D eigenvalue weighted by Crippen LogP contribution is 2.34. The molecule has 0 bridgehead atoms. The molecule has 2 aromatic carbocycles. The molecule has 2 heterocycles. The van der Waals surface area contributed by atoms with E-state index in [-0.39, 0.29) is 41.2 Å². The van der Waals surface area contributed by atoms with Crippen LogP contribution >= 0.6 is 0 Å². The number of hydrogen-bond acceptors (Lipinski definition) is 6. The first kappa shape index (κ1) is 20.4. The maximum absolute atomic E-state index is 12.9. The molecule has 0 atom stereocenters. The van der Waals surface area contributed by atoms with E-state index in [1.807, 2.05) is 0 Å². The van der Waals surface area contributed by atoms with Gasteiger partial charge in [0.1, 0.15) is 5.75 Å². The Labute approximate surface area is 170 Å². The van der Waals surface area contributed by atoms with Gasteiger partial charge >= 0.3 is 6.18 Å². The van der Waals surface area contributed by atoms with Crippen molar-refractivity contribution in [1.82, 2.24) is 14.4 Å². The quantitative estimate of drug-likeness (QED) is 0.605. The van der Waals surface area contributed by atoms with E-state index in [2.05, 4.69) is 10.1 Å². The number of hydrogen-bond donors (Lipinski definition) is 0. The predicted octanol–water partition coefficient (Wildman–Crippen LogP) is 3.55. The van der Waals surface area contributed by atoms with Gasteiger partial charge in [-0.3, -0.25) is 0 Å². The fourth-order valence-corrected chi connectivity index (χ4v) is 4.57. The summed E-state index contributed by atoms with van der Waals surface area (Å²) >= 11 is 0. The van der Waals surface area contributed by atoms with Crippen molar-refractivity contribution in [1.29, 1.82) is 0 Å². The number of methoxy groups -OCH3 is 1. The zero-order valence-corrected chi connectivity index (χ0v) is 16.4. The van der Waals surface area contributed by atoms with Crippen molar-refractivity contribution in [3.05, 3.63) is 60.0 Å². The van der Waals surface area contributed by atoms with Crippen molar-refractivity contribution in [3.8, 4) is 17.1 Å². The summed E-state index contributed by atoms with van der Waals surface area (Å²) < 4.78 is 75.4. The van der Waals surface area contributed by atoms with Gasteiger partial charge in [-0.15, -0.1) is 0 Å². The number of nitrogens with zero attached hydrogens (tertiary/aromatic N) is 3. The summed E-state index contributed by atoms with van der Waals surface area (Å²) in [6.45, 7) is 0.275. The first-order valence-corrected chi connectivity index (χ1v) is 10.3. The summed E-state index contributed by atoms with van der Waals surface area (Å²) in [6, 6.07) is 10.6. The molecular weight excluding hydrogens is 423 g/mol. The van der Waals surface area contributed by atoms with Crippen molar-refractivity contribution >= 4 is 10.0 Å². The Bertz CT molecular complexity index is 1150. The fourth-order valence-electron chi connectivity index (χ4n) is 3.04. The molecule has 30 heavy (non-hydrogen) atoms. The number of benzene rings is 2. The van der Waals surface area contributed by atoms with Crippen LogP contribution in [0.1, 0.15) is 17.4 Å². The monoisotopic (exact) mass is 439 g/mol.